The Hall–Kier alpha value is -1.52. The average Bonchev–Trinajstić information content (AvgIpc) is 2.71. The fourth-order valence-electron chi connectivity index (χ4n) is 2.39. The maximum absolute atomic E-state index is 12.5. The predicted molar refractivity (Wildman–Crippen MR) is 71.4 cm³/mol. The molecule has 0 aliphatic carbocycles. The minimum atomic E-state index is 0.0200. The molecular weight excluding hydrogens is 228 g/mol. The van der Waals surface area contributed by atoms with E-state index in [9.17, 15) is 4.79 Å². The van der Waals surface area contributed by atoms with Gasteiger partial charge in [0.25, 0.3) is 5.91 Å². The van der Waals surface area contributed by atoms with Crippen LogP contribution in [0.1, 0.15) is 56.4 Å². The first-order valence-electron chi connectivity index (χ1n) is 6.66. The van der Waals surface area contributed by atoms with Gasteiger partial charge in [-0.25, -0.2) is 0 Å². The van der Waals surface area contributed by atoms with Crippen LogP contribution in [0.25, 0.3) is 0 Å². The minimum absolute atomic E-state index is 0.0200. The molecule has 1 saturated heterocycles. The van der Waals surface area contributed by atoms with Gasteiger partial charge in [0.2, 0.25) is 0 Å². The maximum Gasteiger partial charge on any atom is 0.259 e. The van der Waals surface area contributed by atoms with Gasteiger partial charge in [-0.1, -0.05) is 0 Å². The van der Waals surface area contributed by atoms with Crippen molar-refractivity contribution in [3.8, 4) is 0 Å². The average molecular weight is 250 g/mol. The van der Waals surface area contributed by atoms with Crippen LogP contribution in [-0.4, -0.2) is 33.2 Å². The molecule has 1 aliphatic heterocycles. The number of amides is 1. The molecule has 0 radical (unpaired) electrons. The van der Waals surface area contributed by atoms with Gasteiger partial charge in [0.05, 0.1) is 0 Å². The molecule has 100 valence electrons. The Labute approximate surface area is 108 Å². The molecule has 2 heterocycles. The van der Waals surface area contributed by atoms with Gasteiger partial charge in [0.15, 0.2) is 5.82 Å². The Kier molecular flexibility index (Phi) is 3.59. The van der Waals surface area contributed by atoms with Crippen molar-refractivity contribution in [1.82, 2.24) is 14.7 Å². The van der Waals surface area contributed by atoms with Crippen LogP contribution in [0.5, 0.6) is 0 Å². The normalized spacial score (nSPS) is 20.4. The third-order valence-electron chi connectivity index (χ3n) is 3.58. The number of likely N-dealkylation sites (tertiary alicyclic amines) is 1. The van der Waals surface area contributed by atoms with E-state index in [1.54, 1.807) is 10.9 Å². The number of anilines is 1. The summed E-state index contributed by atoms with van der Waals surface area (Å²) in [5.74, 6) is 0.359. The molecule has 1 amide bonds. The van der Waals surface area contributed by atoms with Crippen molar-refractivity contribution in [3.63, 3.8) is 0 Å². The molecule has 0 spiro atoms. The van der Waals surface area contributed by atoms with Crippen LogP contribution < -0.4 is 5.73 Å². The second-order valence-corrected chi connectivity index (χ2v) is 5.35. The number of nitrogens with two attached hydrogens (primary N) is 1. The van der Waals surface area contributed by atoms with Crippen molar-refractivity contribution in [1.29, 1.82) is 0 Å². The third kappa shape index (κ3) is 2.35. The van der Waals surface area contributed by atoms with Gasteiger partial charge in [0.1, 0.15) is 5.56 Å². The standard InChI is InChI=1S/C13H22N4O/c1-9(2)17-8-11(12(14)15-17)13(18)16-7-5-4-6-10(16)3/h8-10H,4-7H2,1-3H3,(H2,14,15). The molecule has 1 atom stereocenters. The fourth-order valence-corrected chi connectivity index (χ4v) is 2.39. The highest BCUT2D eigenvalue weighted by atomic mass is 16.2. The highest BCUT2D eigenvalue weighted by Gasteiger charge is 2.27. The summed E-state index contributed by atoms with van der Waals surface area (Å²) in [4.78, 5) is 14.4. The van der Waals surface area contributed by atoms with Crippen LogP contribution in [0.4, 0.5) is 5.82 Å². The third-order valence-corrected chi connectivity index (χ3v) is 3.58. The summed E-state index contributed by atoms with van der Waals surface area (Å²) in [6, 6.07) is 0.515. The lowest BCUT2D eigenvalue weighted by molar-refractivity contribution is 0.0636. The van der Waals surface area contributed by atoms with Gasteiger partial charge < -0.3 is 10.6 Å². The zero-order valence-electron chi connectivity index (χ0n) is 11.4. The second-order valence-electron chi connectivity index (χ2n) is 5.35. The molecule has 1 aromatic heterocycles. The van der Waals surface area contributed by atoms with Gasteiger partial charge in [-0.05, 0) is 40.0 Å². The molecule has 2 N–H and O–H groups in total. The summed E-state index contributed by atoms with van der Waals surface area (Å²) in [6.07, 6.45) is 5.12. The molecule has 5 nitrogen and oxygen atoms in total. The van der Waals surface area contributed by atoms with E-state index < -0.39 is 0 Å². The highest BCUT2D eigenvalue weighted by Crippen LogP contribution is 2.22. The van der Waals surface area contributed by atoms with Crippen LogP contribution in [0.3, 0.4) is 0 Å². The van der Waals surface area contributed by atoms with Crippen molar-refractivity contribution in [2.75, 3.05) is 12.3 Å². The van der Waals surface area contributed by atoms with E-state index in [0.717, 1.165) is 19.4 Å². The zero-order chi connectivity index (χ0) is 13.3. The zero-order valence-corrected chi connectivity index (χ0v) is 11.4. The van der Waals surface area contributed by atoms with Crippen molar-refractivity contribution in [2.45, 2.75) is 52.1 Å². The highest BCUT2D eigenvalue weighted by molar-refractivity contribution is 5.98. The summed E-state index contributed by atoms with van der Waals surface area (Å²) in [5.41, 5.74) is 6.39. The van der Waals surface area contributed by atoms with Crippen LogP contribution in [0.2, 0.25) is 0 Å². The summed E-state index contributed by atoms with van der Waals surface area (Å²) in [5, 5.41) is 4.20. The van der Waals surface area contributed by atoms with Crippen molar-refractivity contribution < 1.29 is 4.79 Å². The van der Waals surface area contributed by atoms with Gasteiger partial charge in [0, 0.05) is 24.8 Å². The Morgan fingerprint density at radius 3 is 2.78 bits per heavy atom. The number of rotatable bonds is 2. The molecule has 0 bridgehead atoms. The van der Waals surface area contributed by atoms with E-state index in [2.05, 4.69) is 12.0 Å². The van der Waals surface area contributed by atoms with Crippen LogP contribution in [0, 0.1) is 0 Å². The second kappa shape index (κ2) is 5.00. The monoisotopic (exact) mass is 250 g/mol. The first kappa shape index (κ1) is 12.9. The van der Waals surface area contributed by atoms with Gasteiger partial charge in [-0.15, -0.1) is 0 Å². The number of carbonyl (C=O) groups is 1. The molecule has 5 heteroatoms. The molecule has 1 fully saturated rings. The largest absolute Gasteiger partial charge is 0.382 e. The van der Waals surface area contributed by atoms with Gasteiger partial charge in [-0.2, -0.15) is 5.10 Å². The van der Waals surface area contributed by atoms with E-state index in [1.807, 2.05) is 18.7 Å². The van der Waals surface area contributed by atoms with E-state index in [0.29, 0.717) is 17.4 Å². The van der Waals surface area contributed by atoms with E-state index in [1.165, 1.54) is 6.42 Å². The fraction of sp³-hybridized carbons (Fsp3) is 0.692. The van der Waals surface area contributed by atoms with Gasteiger partial charge in [-0.3, -0.25) is 9.48 Å². The van der Waals surface area contributed by atoms with E-state index in [-0.39, 0.29) is 11.9 Å². The molecule has 2 rings (SSSR count). The van der Waals surface area contributed by atoms with Crippen molar-refractivity contribution in [2.24, 2.45) is 0 Å². The quantitative estimate of drug-likeness (QED) is 0.873. The molecule has 1 aliphatic rings. The SMILES string of the molecule is CC1CCCCN1C(=O)c1cn(C(C)C)nc1N. The molecule has 0 saturated carbocycles. The number of hydrogen-bond donors (Lipinski definition) is 1. The summed E-state index contributed by atoms with van der Waals surface area (Å²) in [7, 11) is 0. The number of nitrogens with zero attached hydrogens (tertiary/aromatic N) is 3. The van der Waals surface area contributed by atoms with Crippen molar-refractivity contribution >= 4 is 11.7 Å². The number of nitrogen functional groups attached to an aromatic ring is 1. The van der Waals surface area contributed by atoms with Crippen LogP contribution in [0.15, 0.2) is 6.20 Å². The lowest BCUT2D eigenvalue weighted by Gasteiger charge is -2.33. The number of hydrogen-bond acceptors (Lipinski definition) is 3. The molecule has 0 aromatic carbocycles. The lowest BCUT2D eigenvalue weighted by Crippen LogP contribution is -2.42. The topological polar surface area (TPSA) is 64.2 Å². The summed E-state index contributed by atoms with van der Waals surface area (Å²) >= 11 is 0. The maximum atomic E-state index is 12.5. The number of aromatic nitrogens is 2. The van der Waals surface area contributed by atoms with Crippen molar-refractivity contribution in [3.05, 3.63) is 11.8 Å². The smallest absolute Gasteiger partial charge is 0.259 e. The molecule has 1 aromatic rings. The van der Waals surface area contributed by atoms with Gasteiger partial charge >= 0.3 is 0 Å². The first-order chi connectivity index (χ1) is 8.50. The number of piperidine rings is 1. The first-order valence-corrected chi connectivity index (χ1v) is 6.66. The number of carbonyl (C=O) groups excluding carboxylic acids is 1. The molecular formula is C13H22N4O. The van der Waals surface area contributed by atoms with E-state index in [4.69, 9.17) is 5.73 Å². The lowest BCUT2D eigenvalue weighted by atomic mass is 10.0. The predicted octanol–water partition coefficient (Wildman–Crippen LogP) is 2.06. The Morgan fingerprint density at radius 2 is 2.22 bits per heavy atom. The minimum Gasteiger partial charge on any atom is -0.382 e. The van der Waals surface area contributed by atoms with Crippen LogP contribution >= 0.6 is 0 Å². The van der Waals surface area contributed by atoms with E-state index >= 15 is 0 Å². The summed E-state index contributed by atoms with van der Waals surface area (Å²) < 4.78 is 1.75. The Morgan fingerprint density at radius 1 is 1.50 bits per heavy atom. The Bertz CT molecular complexity index is 438. The summed E-state index contributed by atoms with van der Waals surface area (Å²) in [6.45, 7) is 6.96. The Balaban J connectivity index is 2.22. The van der Waals surface area contributed by atoms with Crippen LogP contribution in [-0.2, 0) is 0 Å². The molecule has 1 unspecified atom stereocenters. The molecule has 18 heavy (non-hydrogen) atoms.